The minimum Gasteiger partial charge on any atom is -0.366 e. The number of nitro benzene ring substituents is 1. The van der Waals surface area contributed by atoms with E-state index in [1.807, 2.05) is 4.90 Å². The quantitative estimate of drug-likeness (QED) is 0.585. The summed E-state index contributed by atoms with van der Waals surface area (Å²) in [5, 5.41) is 14.2. The topological polar surface area (TPSA) is 102 Å². The van der Waals surface area contributed by atoms with Crippen LogP contribution >= 0.6 is 0 Å². The maximum atomic E-state index is 11.1. The molecule has 0 radical (unpaired) electrons. The maximum Gasteiger partial charge on any atom is 0.293 e. The number of amides is 1. The third-order valence-corrected chi connectivity index (χ3v) is 2.91. The molecule has 0 saturated carbocycles. The molecule has 0 unspecified atom stereocenters. The maximum absolute atomic E-state index is 11.1. The van der Waals surface area contributed by atoms with Crippen LogP contribution < -0.4 is 16.0 Å². The molecule has 3 N–H and O–H groups in total. The summed E-state index contributed by atoms with van der Waals surface area (Å²) in [6.45, 7) is 2.98. The SMILES string of the molecule is NC(=O)c1ccc(N2CCNCC2)c([N+](=O)[O-])c1. The van der Waals surface area contributed by atoms with E-state index in [2.05, 4.69) is 5.32 Å². The number of hydrogen-bond acceptors (Lipinski definition) is 5. The van der Waals surface area contributed by atoms with Crippen molar-refractivity contribution in [2.45, 2.75) is 0 Å². The zero-order valence-corrected chi connectivity index (χ0v) is 9.76. The second kappa shape index (κ2) is 5.01. The lowest BCUT2D eigenvalue weighted by Crippen LogP contribution is -2.43. The van der Waals surface area contributed by atoms with Gasteiger partial charge in [0.25, 0.3) is 5.69 Å². The van der Waals surface area contributed by atoms with Crippen LogP contribution in [0.25, 0.3) is 0 Å². The Morgan fingerprint density at radius 3 is 2.61 bits per heavy atom. The molecule has 1 aromatic rings. The lowest BCUT2D eigenvalue weighted by atomic mass is 10.1. The van der Waals surface area contributed by atoms with Crippen molar-refractivity contribution in [3.8, 4) is 0 Å². The van der Waals surface area contributed by atoms with Gasteiger partial charge in [0.05, 0.1) is 4.92 Å². The number of hydrogen-bond donors (Lipinski definition) is 2. The van der Waals surface area contributed by atoms with Gasteiger partial charge in [-0.3, -0.25) is 14.9 Å². The number of anilines is 1. The molecule has 1 heterocycles. The fourth-order valence-electron chi connectivity index (χ4n) is 2.00. The summed E-state index contributed by atoms with van der Waals surface area (Å²) in [7, 11) is 0. The molecule has 1 fully saturated rings. The van der Waals surface area contributed by atoms with Gasteiger partial charge in [-0.05, 0) is 12.1 Å². The Bertz CT molecular complexity index is 483. The highest BCUT2D eigenvalue weighted by atomic mass is 16.6. The molecule has 18 heavy (non-hydrogen) atoms. The van der Waals surface area contributed by atoms with Crippen molar-refractivity contribution < 1.29 is 9.72 Å². The van der Waals surface area contributed by atoms with E-state index < -0.39 is 10.8 Å². The van der Waals surface area contributed by atoms with Crippen molar-refractivity contribution in [1.82, 2.24) is 5.32 Å². The fraction of sp³-hybridized carbons (Fsp3) is 0.364. The van der Waals surface area contributed by atoms with E-state index in [-0.39, 0.29) is 11.3 Å². The number of piperazine rings is 1. The van der Waals surface area contributed by atoms with Crippen LogP contribution in [0.15, 0.2) is 18.2 Å². The normalized spacial score (nSPS) is 15.4. The summed E-state index contributed by atoms with van der Waals surface area (Å²) in [6.07, 6.45) is 0. The number of benzene rings is 1. The molecule has 2 rings (SSSR count). The molecular weight excluding hydrogens is 236 g/mol. The van der Waals surface area contributed by atoms with Gasteiger partial charge in [-0.25, -0.2) is 0 Å². The van der Waals surface area contributed by atoms with E-state index in [9.17, 15) is 14.9 Å². The van der Waals surface area contributed by atoms with Crippen molar-refractivity contribution in [1.29, 1.82) is 0 Å². The Labute approximate surface area is 104 Å². The van der Waals surface area contributed by atoms with Crippen molar-refractivity contribution in [2.24, 2.45) is 5.73 Å². The highest BCUT2D eigenvalue weighted by Crippen LogP contribution is 2.29. The molecule has 1 aliphatic rings. The standard InChI is InChI=1S/C11H14N4O3/c12-11(16)8-1-2-9(10(7-8)15(17)18)14-5-3-13-4-6-14/h1-2,7,13H,3-6H2,(H2,12,16). The first-order valence-electron chi connectivity index (χ1n) is 5.63. The highest BCUT2D eigenvalue weighted by Gasteiger charge is 2.22. The Hall–Kier alpha value is -2.15. The molecular formula is C11H14N4O3. The van der Waals surface area contributed by atoms with Crippen molar-refractivity contribution >= 4 is 17.3 Å². The van der Waals surface area contributed by atoms with Gasteiger partial charge in [0, 0.05) is 37.8 Å². The number of nitro groups is 1. The first-order chi connectivity index (χ1) is 8.59. The molecule has 7 heteroatoms. The van der Waals surface area contributed by atoms with Crippen LogP contribution in [-0.2, 0) is 0 Å². The Morgan fingerprint density at radius 1 is 1.39 bits per heavy atom. The first kappa shape index (κ1) is 12.3. The van der Waals surface area contributed by atoms with E-state index in [1.165, 1.54) is 12.1 Å². The molecule has 0 atom stereocenters. The molecule has 1 amide bonds. The molecule has 1 saturated heterocycles. The van der Waals surface area contributed by atoms with Crippen LogP contribution in [0.4, 0.5) is 11.4 Å². The van der Waals surface area contributed by atoms with Crippen LogP contribution in [0.1, 0.15) is 10.4 Å². The lowest BCUT2D eigenvalue weighted by molar-refractivity contribution is -0.384. The predicted molar refractivity (Wildman–Crippen MR) is 66.7 cm³/mol. The summed E-state index contributed by atoms with van der Waals surface area (Å²) in [6, 6.07) is 4.34. The van der Waals surface area contributed by atoms with E-state index in [0.717, 1.165) is 13.1 Å². The van der Waals surface area contributed by atoms with Gasteiger partial charge >= 0.3 is 0 Å². The number of nitrogens with two attached hydrogens (primary N) is 1. The van der Waals surface area contributed by atoms with E-state index in [1.54, 1.807) is 6.07 Å². The first-order valence-corrected chi connectivity index (χ1v) is 5.63. The molecule has 1 aromatic carbocycles. The second-order valence-electron chi connectivity index (χ2n) is 4.06. The number of nitrogens with one attached hydrogen (secondary N) is 1. The summed E-state index contributed by atoms with van der Waals surface area (Å²) >= 11 is 0. The third-order valence-electron chi connectivity index (χ3n) is 2.91. The molecule has 0 aliphatic carbocycles. The zero-order chi connectivity index (χ0) is 13.1. The summed E-state index contributed by atoms with van der Waals surface area (Å²) in [5.41, 5.74) is 5.74. The molecule has 0 bridgehead atoms. The smallest absolute Gasteiger partial charge is 0.293 e. The lowest BCUT2D eigenvalue weighted by Gasteiger charge is -2.29. The number of rotatable bonds is 3. The van der Waals surface area contributed by atoms with Crippen molar-refractivity contribution in [3.63, 3.8) is 0 Å². The molecule has 0 spiro atoms. The minimum atomic E-state index is -0.662. The van der Waals surface area contributed by atoms with Gasteiger partial charge in [0.15, 0.2) is 0 Å². The summed E-state index contributed by atoms with van der Waals surface area (Å²) < 4.78 is 0. The van der Waals surface area contributed by atoms with Gasteiger partial charge in [-0.2, -0.15) is 0 Å². The van der Waals surface area contributed by atoms with Crippen LogP contribution in [0, 0.1) is 10.1 Å². The van der Waals surface area contributed by atoms with Gasteiger partial charge in [-0.1, -0.05) is 0 Å². The number of carbonyl (C=O) groups is 1. The molecule has 7 nitrogen and oxygen atoms in total. The summed E-state index contributed by atoms with van der Waals surface area (Å²) in [4.78, 5) is 23.5. The number of primary amides is 1. The van der Waals surface area contributed by atoms with Crippen LogP contribution in [0.5, 0.6) is 0 Å². The highest BCUT2D eigenvalue weighted by molar-refractivity contribution is 5.94. The third kappa shape index (κ3) is 2.40. The Balaban J connectivity index is 2.39. The Morgan fingerprint density at radius 2 is 2.06 bits per heavy atom. The fourth-order valence-corrected chi connectivity index (χ4v) is 2.00. The van der Waals surface area contributed by atoms with E-state index in [0.29, 0.717) is 18.8 Å². The average Bonchev–Trinajstić information content (AvgIpc) is 2.39. The van der Waals surface area contributed by atoms with Gasteiger partial charge < -0.3 is 16.0 Å². The largest absolute Gasteiger partial charge is 0.366 e. The Kier molecular flexibility index (Phi) is 3.42. The zero-order valence-electron chi connectivity index (χ0n) is 9.76. The van der Waals surface area contributed by atoms with E-state index in [4.69, 9.17) is 5.73 Å². The minimum absolute atomic E-state index is 0.0757. The number of carbonyl (C=O) groups excluding carboxylic acids is 1. The second-order valence-corrected chi connectivity index (χ2v) is 4.06. The monoisotopic (exact) mass is 250 g/mol. The van der Waals surface area contributed by atoms with Gasteiger partial charge in [-0.15, -0.1) is 0 Å². The van der Waals surface area contributed by atoms with Crippen molar-refractivity contribution in [2.75, 3.05) is 31.1 Å². The van der Waals surface area contributed by atoms with Gasteiger partial charge in [0.2, 0.25) is 5.91 Å². The predicted octanol–water partition coefficient (Wildman–Crippen LogP) is 0.103. The van der Waals surface area contributed by atoms with Crippen LogP contribution in [0.3, 0.4) is 0 Å². The average molecular weight is 250 g/mol. The molecule has 96 valence electrons. The van der Waals surface area contributed by atoms with E-state index >= 15 is 0 Å². The van der Waals surface area contributed by atoms with Crippen molar-refractivity contribution in [3.05, 3.63) is 33.9 Å². The van der Waals surface area contributed by atoms with Crippen LogP contribution in [0.2, 0.25) is 0 Å². The summed E-state index contributed by atoms with van der Waals surface area (Å²) in [5.74, 6) is -0.662. The van der Waals surface area contributed by atoms with Crippen LogP contribution in [-0.4, -0.2) is 37.0 Å². The molecule has 1 aliphatic heterocycles. The molecule has 0 aromatic heterocycles. The van der Waals surface area contributed by atoms with Gasteiger partial charge in [0.1, 0.15) is 5.69 Å². The number of nitrogens with zero attached hydrogens (tertiary/aromatic N) is 2.